The third kappa shape index (κ3) is 5.43. The van der Waals surface area contributed by atoms with Crippen LogP contribution in [0.4, 0.5) is 10.2 Å². The molecular formula is C18H22FN5O9P2S2. The number of rotatable bonds is 1. The summed E-state index contributed by atoms with van der Waals surface area (Å²) in [6.07, 6.45) is -2.91. The van der Waals surface area contributed by atoms with Gasteiger partial charge >= 0.3 is 13.6 Å². The van der Waals surface area contributed by atoms with E-state index in [1.54, 1.807) is 0 Å². The molecule has 3 saturated heterocycles. The van der Waals surface area contributed by atoms with E-state index < -0.39 is 69.2 Å². The molecule has 10 atom stereocenters. The lowest BCUT2D eigenvalue weighted by Crippen LogP contribution is -2.36. The molecule has 0 amide bonds. The number of imidazole rings is 1. The Labute approximate surface area is 220 Å². The van der Waals surface area contributed by atoms with Crippen LogP contribution in [-0.2, 0) is 36.7 Å². The minimum atomic E-state index is -4.20. The number of fused-ring (bicyclic) bond motifs is 4. The molecule has 0 aromatic carbocycles. The van der Waals surface area contributed by atoms with Crippen LogP contribution >= 0.6 is 38.1 Å². The molecule has 14 nitrogen and oxygen atoms in total. The zero-order chi connectivity index (χ0) is 26.5. The smallest absolute Gasteiger partial charge is 0.386 e. The molecule has 0 radical (unpaired) electrons. The second kappa shape index (κ2) is 10.4. The average Bonchev–Trinajstić information content (AvgIpc) is 3.48. The van der Waals surface area contributed by atoms with Crippen LogP contribution in [0.15, 0.2) is 12.7 Å². The van der Waals surface area contributed by atoms with Crippen molar-refractivity contribution in [3.8, 4) is 12.3 Å². The molecular weight excluding hydrogens is 575 g/mol. The first-order chi connectivity index (χ1) is 17.5. The second-order valence-corrected chi connectivity index (χ2v) is 14.1. The van der Waals surface area contributed by atoms with Crippen LogP contribution in [-0.4, -0.2) is 80.6 Å². The van der Waals surface area contributed by atoms with Gasteiger partial charge < -0.3 is 24.8 Å². The first-order valence-electron chi connectivity index (χ1n) is 10.8. The SMILES string of the molecule is C#C[C@@H]1O[C@@H]2CCOP(=O)(S)O[C@H]3[C@@H](F)[C@H](n4cnc5c(N)ncnc54)O[C@@H]3COP(=O)(S)O[C@@H]1[C@@H]2O. The fraction of sp³-hybridized carbons (Fsp3) is 0.611. The third-order valence-corrected chi connectivity index (χ3v) is 9.26. The summed E-state index contributed by atoms with van der Waals surface area (Å²) < 4.78 is 75.8. The molecule has 3 N–H and O–H groups in total. The molecule has 2 aromatic rings. The minimum Gasteiger partial charge on any atom is -0.388 e. The predicted molar refractivity (Wildman–Crippen MR) is 131 cm³/mol. The molecule has 2 bridgehead atoms. The van der Waals surface area contributed by atoms with Crippen LogP contribution in [0.3, 0.4) is 0 Å². The van der Waals surface area contributed by atoms with Gasteiger partial charge in [-0.3, -0.25) is 18.1 Å². The van der Waals surface area contributed by atoms with E-state index in [2.05, 4.69) is 45.4 Å². The number of terminal acetylenes is 1. The van der Waals surface area contributed by atoms with Crippen molar-refractivity contribution in [2.45, 2.75) is 55.4 Å². The number of thiol groups is 2. The van der Waals surface area contributed by atoms with Gasteiger partial charge in [0, 0.05) is 6.42 Å². The summed E-state index contributed by atoms with van der Waals surface area (Å²) in [5.74, 6) is 2.37. The van der Waals surface area contributed by atoms with Crippen LogP contribution in [0.5, 0.6) is 0 Å². The van der Waals surface area contributed by atoms with Gasteiger partial charge in [-0.05, 0) is 0 Å². The molecule has 5 rings (SSSR count). The highest BCUT2D eigenvalue weighted by Gasteiger charge is 2.52. The van der Waals surface area contributed by atoms with Crippen LogP contribution in [0.2, 0.25) is 0 Å². The van der Waals surface area contributed by atoms with Crippen molar-refractivity contribution in [2.24, 2.45) is 0 Å². The number of ether oxygens (including phenoxy) is 2. The lowest BCUT2D eigenvalue weighted by atomic mass is 10.1. The largest absolute Gasteiger partial charge is 0.388 e. The molecule has 0 spiro atoms. The Morgan fingerprint density at radius 3 is 2.62 bits per heavy atom. The van der Waals surface area contributed by atoms with E-state index in [9.17, 15) is 14.2 Å². The van der Waals surface area contributed by atoms with Crippen LogP contribution in [0.25, 0.3) is 11.2 Å². The molecule has 37 heavy (non-hydrogen) atoms. The molecule has 2 unspecified atom stereocenters. The zero-order valence-electron chi connectivity index (χ0n) is 18.7. The fourth-order valence-corrected chi connectivity index (χ4v) is 7.28. The maximum absolute atomic E-state index is 15.8. The average molecular weight is 597 g/mol. The molecule has 202 valence electrons. The molecule has 0 saturated carbocycles. The number of nitrogen functional groups attached to an aromatic ring is 1. The van der Waals surface area contributed by atoms with Gasteiger partial charge in [0.1, 0.15) is 42.4 Å². The number of halogens is 1. The number of nitrogens with zero attached hydrogens (tertiary/aromatic N) is 4. The predicted octanol–water partition coefficient (Wildman–Crippen LogP) is 1.69. The highest BCUT2D eigenvalue weighted by molar-refractivity contribution is 8.44. The lowest BCUT2D eigenvalue weighted by molar-refractivity contribution is -0.0437. The highest BCUT2D eigenvalue weighted by Crippen LogP contribution is 2.59. The van der Waals surface area contributed by atoms with E-state index in [-0.39, 0.29) is 30.0 Å². The van der Waals surface area contributed by atoms with E-state index >= 15 is 4.39 Å². The summed E-state index contributed by atoms with van der Waals surface area (Å²) in [5.41, 5.74) is 6.19. The Morgan fingerprint density at radius 2 is 1.86 bits per heavy atom. The van der Waals surface area contributed by atoms with E-state index in [0.29, 0.717) is 0 Å². The first kappa shape index (κ1) is 27.3. The summed E-state index contributed by atoms with van der Waals surface area (Å²) in [4.78, 5) is 12.0. The summed E-state index contributed by atoms with van der Waals surface area (Å²) in [7, 11) is 0. The molecule has 3 fully saturated rings. The number of aliphatic hydroxyl groups is 1. The third-order valence-electron chi connectivity index (χ3n) is 6.00. The molecule has 2 aromatic heterocycles. The van der Waals surface area contributed by atoms with Crippen LogP contribution in [0, 0.1) is 12.3 Å². The Bertz CT molecular complexity index is 1320. The number of nitrogens with two attached hydrogens (primary N) is 1. The van der Waals surface area contributed by atoms with E-state index in [0.717, 1.165) is 0 Å². The monoisotopic (exact) mass is 597 g/mol. The van der Waals surface area contributed by atoms with Gasteiger partial charge in [0.2, 0.25) is 0 Å². The van der Waals surface area contributed by atoms with Gasteiger partial charge in [0.05, 0.1) is 25.6 Å². The lowest BCUT2D eigenvalue weighted by Gasteiger charge is -2.26. The summed E-state index contributed by atoms with van der Waals surface area (Å²) in [5, 5.41) is 10.6. The molecule has 3 aliphatic rings. The van der Waals surface area contributed by atoms with Gasteiger partial charge in [0.15, 0.2) is 23.9 Å². The Hall–Kier alpha value is -1.28. The number of hydrogen-bond acceptors (Lipinski definition) is 13. The molecule has 3 aliphatic heterocycles. The topological polar surface area (TPSA) is 179 Å². The fourth-order valence-electron chi connectivity index (χ4n) is 4.28. The molecule has 0 aliphatic carbocycles. The number of aromatic nitrogens is 4. The Kier molecular flexibility index (Phi) is 7.64. The number of anilines is 1. The number of aliphatic hydroxyl groups excluding tert-OH is 1. The second-order valence-electron chi connectivity index (χ2n) is 8.34. The van der Waals surface area contributed by atoms with Gasteiger partial charge in [-0.15, -0.1) is 6.42 Å². The normalized spacial score (nSPS) is 43.2. The summed E-state index contributed by atoms with van der Waals surface area (Å²) in [6, 6.07) is 0. The van der Waals surface area contributed by atoms with Crippen molar-refractivity contribution in [3.05, 3.63) is 12.7 Å². The minimum absolute atomic E-state index is 0.0146. The van der Waals surface area contributed by atoms with E-state index in [1.165, 1.54) is 17.2 Å². The van der Waals surface area contributed by atoms with Gasteiger partial charge in [-0.1, -0.05) is 30.4 Å². The number of hydrogen-bond donors (Lipinski definition) is 4. The van der Waals surface area contributed by atoms with Gasteiger partial charge in [-0.25, -0.2) is 28.5 Å². The van der Waals surface area contributed by atoms with Gasteiger partial charge in [0.25, 0.3) is 0 Å². The molecule has 5 heterocycles. The standard InChI is InChI=1S/C18H22FN5O9P2S2/c1-2-8-15-13(25)9(30-8)3-4-28-34(26,36)32-14-10(5-29-35(27,37)33-15)31-18(11(14)19)24-7-23-12-16(20)21-6-22-17(12)24/h1,6-11,13-15,18,25H,3-5H2,(H,26,36)(H,27,37)(H2,20,21,22)/t8-,9+,10+,11+,13+,14+,15-,18+,34?,35?/m0/s1. The van der Waals surface area contributed by atoms with Crippen molar-refractivity contribution < 1.29 is 46.2 Å². The van der Waals surface area contributed by atoms with Crippen LogP contribution in [0.1, 0.15) is 12.6 Å². The Morgan fingerprint density at radius 1 is 1.14 bits per heavy atom. The zero-order valence-corrected chi connectivity index (χ0v) is 22.3. The highest BCUT2D eigenvalue weighted by atomic mass is 32.7. The quantitative estimate of drug-likeness (QED) is 0.212. The van der Waals surface area contributed by atoms with Crippen molar-refractivity contribution in [2.75, 3.05) is 18.9 Å². The van der Waals surface area contributed by atoms with E-state index in [1.807, 2.05) is 0 Å². The maximum atomic E-state index is 15.8. The van der Waals surface area contributed by atoms with Crippen molar-refractivity contribution in [1.29, 1.82) is 0 Å². The van der Waals surface area contributed by atoms with Crippen molar-refractivity contribution in [1.82, 2.24) is 19.5 Å². The van der Waals surface area contributed by atoms with Crippen LogP contribution < -0.4 is 5.73 Å². The number of alkyl halides is 1. The summed E-state index contributed by atoms with van der Waals surface area (Å²) in [6.45, 7) is -9.23. The van der Waals surface area contributed by atoms with Crippen molar-refractivity contribution >= 4 is 55.1 Å². The van der Waals surface area contributed by atoms with Gasteiger partial charge in [-0.2, -0.15) is 0 Å². The maximum Gasteiger partial charge on any atom is 0.386 e. The first-order valence-corrected chi connectivity index (χ1v) is 16.2. The van der Waals surface area contributed by atoms with Crippen molar-refractivity contribution in [3.63, 3.8) is 0 Å². The summed E-state index contributed by atoms with van der Waals surface area (Å²) >= 11 is 7.90. The molecule has 19 heteroatoms. The Balaban J connectivity index is 1.44. The van der Waals surface area contributed by atoms with E-state index in [4.69, 9.17) is 39.7 Å².